The van der Waals surface area contributed by atoms with Crippen LogP contribution in [0.1, 0.15) is 0 Å². The summed E-state index contributed by atoms with van der Waals surface area (Å²) in [5.74, 6) is 0. The third-order valence-electron chi connectivity index (χ3n) is 0.385. The lowest BCUT2D eigenvalue weighted by Gasteiger charge is -1.82. The van der Waals surface area contributed by atoms with Gasteiger partial charge in [-0.15, -0.1) is 0 Å². The van der Waals surface area contributed by atoms with E-state index in [1.165, 1.54) is 43.8 Å². The molecule has 0 aromatic carbocycles. The third kappa shape index (κ3) is 24.6. The van der Waals surface area contributed by atoms with Crippen molar-refractivity contribution in [3.8, 4) is 0 Å². The fourth-order valence-corrected chi connectivity index (χ4v) is 0.192. The molecule has 0 heterocycles. The van der Waals surface area contributed by atoms with E-state index in [2.05, 4.69) is 18.6 Å². The van der Waals surface area contributed by atoms with Gasteiger partial charge >= 0.3 is 15.4 Å². The van der Waals surface area contributed by atoms with E-state index < -0.39 is 0 Å². The van der Waals surface area contributed by atoms with Crippen molar-refractivity contribution in [1.29, 1.82) is 0 Å². The van der Waals surface area contributed by atoms with Crippen LogP contribution in [0.4, 0.5) is 0 Å². The molecule has 0 rings (SSSR count). The van der Waals surface area contributed by atoms with E-state index in [9.17, 15) is 0 Å². The standard InChI is InChI=1S/2C2H6BO2/c2*1-4-3-5-2/h2*1-2H3. The van der Waals surface area contributed by atoms with Gasteiger partial charge in [0.05, 0.1) is 0 Å². The van der Waals surface area contributed by atoms with E-state index in [-0.39, 0.29) is 0 Å². The minimum Gasteiger partial charge on any atom is -0.416 e. The van der Waals surface area contributed by atoms with Gasteiger partial charge in [-0.05, 0) is 0 Å². The Balaban J connectivity index is 0. The van der Waals surface area contributed by atoms with Crippen molar-refractivity contribution in [1.82, 2.24) is 0 Å². The molecule has 0 aliphatic rings. The molecule has 10 heavy (non-hydrogen) atoms. The summed E-state index contributed by atoms with van der Waals surface area (Å²) in [6.07, 6.45) is 0. The minimum absolute atomic E-state index is 1.25. The molecule has 0 aromatic heterocycles. The smallest absolute Gasteiger partial charge is 0.416 e. The Labute approximate surface area is 63.4 Å². The Morgan fingerprint density at radius 3 is 0.800 bits per heavy atom. The normalized spacial score (nSPS) is 7.60. The van der Waals surface area contributed by atoms with Crippen molar-refractivity contribution in [2.45, 2.75) is 0 Å². The molecule has 0 aromatic rings. The molecule has 6 heteroatoms. The van der Waals surface area contributed by atoms with Gasteiger partial charge in [-0.1, -0.05) is 0 Å². The third-order valence-corrected chi connectivity index (χ3v) is 0.385. The Bertz CT molecular complexity index is 36.2. The van der Waals surface area contributed by atoms with Gasteiger partial charge in [0.25, 0.3) is 0 Å². The zero-order valence-corrected chi connectivity index (χ0v) is 6.79. The molecular formula is C4H12B2O4. The summed E-state index contributed by atoms with van der Waals surface area (Å²) >= 11 is 0. The molecule has 0 amide bonds. The molecular weight excluding hydrogens is 134 g/mol. The Hall–Kier alpha value is -0.0301. The lowest BCUT2D eigenvalue weighted by Crippen LogP contribution is -1.93. The second-order valence-corrected chi connectivity index (χ2v) is 1.14. The first kappa shape index (κ1) is 12.6. The Morgan fingerprint density at radius 1 is 0.600 bits per heavy atom. The summed E-state index contributed by atoms with van der Waals surface area (Å²) in [6, 6.07) is 0. The van der Waals surface area contributed by atoms with E-state index in [4.69, 9.17) is 0 Å². The summed E-state index contributed by atoms with van der Waals surface area (Å²) in [7, 11) is 8.62. The quantitative estimate of drug-likeness (QED) is 0.506. The highest BCUT2D eigenvalue weighted by Gasteiger charge is 1.75. The average Bonchev–Trinajstić information content (AvgIpc) is 1.93. The van der Waals surface area contributed by atoms with Crippen molar-refractivity contribution in [3.05, 3.63) is 0 Å². The minimum atomic E-state index is 1.25. The highest BCUT2D eigenvalue weighted by atomic mass is 16.6. The summed E-state index contributed by atoms with van der Waals surface area (Å²) in [6.45, 7) is 0. The van der Waals surface area contributed by atoms with Gasteiger partial charge in [0.15, 0.2) is 0 Å². The van der Waals surface area contributed by atoms with Gasteiger partial charge in [-0.3, -0.25) is 0 Å². The van der Waals surface area contributed by atoms with E-state index in [1.807, 2.05) is 0 Å². The first-order valence-electron chi connectivity index (χ1n) is 2.58. The summed E-state index contributed by atoms with van der Waals surface area (Å²) in [5.41, 5.74) is 0. The SMILES string of the molecule is CO[B]OC.CO[B]OC. The van der Waals surface area contributed by atoms with Crippen molar-refractivity contribution < 1.29 is 18.6 Å². The Kier molecular flexibility index (Phi) is 20.2. The van der Waals surface area contributed by atoms with Gasteiger partial charge in [0.2, 0.25) is 0 Å². The maximum Gasteiger partial charge on any atom is 0.487 e. The predicted molar refractivity (Wildman–Crippen MR) is 39.5 cm³/mol. The molecule has 0 atom stereocenters. The maximum atomic E-state index is 4.34. The molecule has 0 aliphatic carbocycles. The van der Waals surface area contributed by atoms with Crippen LogP contribution in [-0.2, 0) is 18.6 Å². The summed E-state index contributed by atoms with van der Waals surface area (Å²) in [5, 5.41) is 0. The molecule has 0 unspecified atom stereocenters. The number of rotatable bonds is 4. The molecule has 0 bridgehead atoms. The van der Waals surface area contributed by atoms with Crippen LogP contribution in [0.25, 0.3) is 0 Å². The topological polar surface area (TPSA) is 36.9 Å². The average molecular weight is 146 g/mol. The molecule has 0 N–H and O–H groups in total. The van der Waals surface area contributed by atoms with Crippen LogP contribution < -0.4 is 0 Å². The van der Waals surface area contributed by atoms with Crippen molar-refractivity contribution in [3.63, 3.8) is 0 Å². The zero-order chi connectivity index (χ0) is 8.24. The Morgan fingerprint density at radius 2 is 0.800 bits per heavy atom. The van der Waals surface area contributed by atoms with Crippen molar-refractivity contribution in [2.75, 3.05) is 28.4 Å². The van der Waals surface area contributed by atoms with Gasteiger partial charge in [-0.2, -0.15) is 0 Å². The molecule has 0 fully saturated rings. The number of hydrogen-bond acceptors (Lipinski definition) is 4. The second kappa shape index (κ2) is 16.0. The van der Waals surface area contributed by atoms with Crippen LogP contribution >= 0.6 is 0 Å². The fourth-order valence-electron chi connectivity index (χ4n) is 0.192. The molecule has 0 spiro atoms. The largest absolute Gasteiger partial charge is 0.487 e. The first-order chi connectivity index (χ1) is 4.83. The molecule has 0 aliphatic heterocycles. The van der Waals surface area contributed by atoms with Gasteiger partial charge in [0.1, 0.15) is 0 Å². The van der Waals surface area contributed by atoms with Gasteiger partial charge in [0, 0.05) is 28.4 Å². The molecule has 0 saturated carbocycles. The monoisotopic (exact) mass is 146 g/mol. The molecule has 2 radical (unpaired) electrons. The van der Waals surface area contributed by atoms with Crippen LogP contribution in [-0.4, -0.2) is 43.8 Å². The van der Waals surface area contributed by atoms with Crippen LogP contribution in [0, 0.1) is 0 Å². The van der Waals surface area contributed by atoms with E-state index in [0.717, 1.165) is 0 Å². The first-order valence-corrected chi connectivity index (χ1v) is 2.58. The van der Waals surface area contributed by atoms with E-state index in [1.54, 1.807) is 0 Å². The molecule has 58 valence electrons. The van der Waals surface area contributed by atoms with Crippen molar-refractivity contribution in [2.24, 2.45) is 0 Å². The highest BCUT2D eigenvalue weighted by molar-refractivity contribution is 6.17. The zero-order valence-electron chi connectivity index (χ0n) is 6.79. The van der Waals surface area contributed by atoms with Gasteiger partial charge in [-0.25, -0.2) is 0 Å². The number of hydrogen-bond donors (Lipinski definition) is 0. The maximum absolute atomic E-state index is 4.34. The fraction of sp³-hybridized carbons (Fsp3) is 1.00. The van der Waals surface area contributed by atoms with Crippen LogP contribution in [0.15, 0.2) is 0 Å². The van der Waals surface area contributed by atoms with Gasteiger partial charge < -0.3 is 18.6 Å². The van der Waals surface area contributed by atoms with E-state index >= 15 is 0 Å². The lowest BCUT2D eigenvalue weighted by atomic mass is 10.4. The molecule has 4 nitrogen and oxygen atoms in total. The van der Waals surface area contributed by atoms with Crippen LogP contribution in [0.5, 0.6) is 0 Å². The predicted octanol–water partition coefficient (Wildman–Crippen LogP) is -0.373. The second-order valence-electron chi connectivity index (χ2n) is 1.14. The summed E-state index contributed by atoms with van der Waals surface area (Å²) < 4.78 is 17.4. The van der Waals surface area contributed by atoms with Crippen LogP contribution in [0.3, 0.4) is 0 Å². The van der Waals surface area contributed by atoms with E-state index in [0.29, 0.717) is 0 Å². The van der Waals surface area contributed by atoms with Crippen LogP contribution in [0.2, 0.25) is 0 Å². The molecule has 0 saturated heterocycles. The summed E-state index contributed by atoms with van der Waals surface area (Å²) in [4.78, 5) is 0. The highest BCUT2D eigenvalue weighted by Crippen LogP contribution is 1.55. The van der Waals surface area contributed by atoms with Crippen molar-refractivity contribution >= 4 is 15.4 Å². The lowest BCUT2D eigenvalue weighted by molar-refractivity contribution is 0.309.